The van der Waals surface area contributed by atoms with Crippen LogP contribution >= 0.6 is 11.6 Å². The number of pyridine rings is 1. The topological polar surface area (TPSA) is 105 Å². The van der Waals surface area contributed by atoms with Crippen LogP contribution in [-0.2, 0) is 0 Å². The second kappa shape index (κ2) is 7.61. The van der Waals surface area contributed by atoms with E-state index in [1.54, 1.807) is 24.3 Å². The molecule has 2 aromatic heterocycles. The Morgan fingerprint density at radius 1 is 1.03 bits per heavy atom. The molecule has 4 aromatic rings. The molecule has 2 aromatic carbocycles. The Hall–Kier alpha value is -3.91. The van der Waals surface area contributed by atoms with Gasteiger partial charge in [-0.3, -0.25) is 14.9 Å². The van der Waals surface area contributed by atoms with Crippen LogP contribution in [0.15, 0.2) is 76.3 Å². The fourth-order valence-electron chi connectivity index (χ4n) is 2.57. The van der Waals surface area contributed by atoms with E-state index in [0.29, 0.717) is 10.8 Å². The summed E-state index contributed by atoms with van der Waals surface area (Å²) in [6.07, 6.45) is 2.57. The summed E-state index contributed by atoms with van der Waals surface area (Å²) in [7, 11) is 0. The molecule has 0 amide bonds. The van der Waals surface area contributed by atoms with E-state index >= 15 is 0 Å². The van der Waals surface area contributed by atoms with Gasteiger partial charge in [0, 0.05) is 23.4 Å². The van der Waals surface area contributed by atoms with Crippen LogP contribution in [0.1, 0.15) is 0 Å². The maximum Gasteiger partial charge on any atom is 0.331 e. The van der Waals surface area contributed by atoms with Gasteiger partial charge < -0.3 is 13.9 Å². The van der Waals surface area contributed by atoms with E-state index in [2.05, 4.69) is 4.98 Å². The van der Waals surface area contributed by atoms with E-state index in [4.69, 9.17) is 25.5 Å². The zero-order valence-corrected chi connectivity index (χ0v) is 15.3. The van der Waals surface area contributed by atoms with Gasteiger partial charge in [-0.15, -0.1) is 0 Å². The van der Waals surface area contributed by atoms with E-state index in [1.807, 2.05) is 0 Å². The molecule has 0 saturated heterocycles. The van der Waals surface area contributed by atoms with Crippen LogP contribution in [0.4, 0.5) is 5.69 Å². The quantitative estimate of drug-likeness (QED) is 0.323. The van der Waals surface area contributed by atoms with Crippen molar-refractivity contribution < 1.29 is 18.8 Å². The van der Waals surface area contributed by atoms with E-state index < -0.39 is 4.92 Å². The highest BCUT2D eigenvalue weighted by molar-refractivity contribution is 6.30. The first-order valence-electron chi connectivity index (χ1n) is 8.27. The number of nitrogens with zero attached hydrogens (tertiary/aromatic N) is 2. The number of nitro groups is 1. The number of ether oxygens (including phenoxy) is 2. The first-order valence-corrected chi connectivity index (χ1v) is 8.65. The van der Waals surface area contributed by atoms with Crippen LogP contribution in [0.25, 0.3) is 11.0 Å². The number of aromatic nitrogens is 1. The normalized spacial score (nSPS) is 10.7. The predicted octanol–water partition coefficient (Wildman–Crippen LogP) is 5.33. The zero-order valence-electron chi connectivity index (χ0n) is 14.6. The molecule has 144 valence electrons. The van der Waals surface area contributed by atoms with Gasteiger partial charge in [-0.05, 0) is 42.5 Å². The molecular formula is C20H11ClN2O6. The minimum atomic E-state index is -0.593. The molecule has 0 radical (unpaired) electrons. The molecule has 8 nitrogen and oxygen atoms in total. The molecule has 0 unspecified atom stereocenters. The molecule has 0 N–H and O–H groups in total. The molecule has 0 bridgehead atoms. The molecule has 0 spiro atoms. The van der Waals surface area contributed by atoms with Gasteiger partial charge in [0.2, 0.25) is 11.2 Å². The van der Waals surface area contributed by atoms with Crippen molar-refractivity contribution in [2.24, 2.45) is 0 Å². The number of halogens is 1. The second-order valence-electron chi connectivity index (χ2n) is 5.83. The lowest BCUT2D eigenvalue weighted by Gasteiger charge is -2.07. The summed E-state index contributed by atoms with van der Waals surface area (Å²) in [6.45, 7) is 0. The maximum atomic E-state index is 12.7. The average molecular weight is 411 g/mol. The summed E-state index contributed by atoms with van der Waals surface area (Å²) in [6, 6.07) is 13.7. The SMILES string of the molecule is O=c1c(Oc2ccc(Cl)cc2)coc2cc(Oc3ncccc3[N+](=O)[O-])ccc12. The molecule has 0 atom stereocenters. The minimum Gasteiger partial charge on any atom is -0.460 e. The van der Waals surface area contributed by atoms with Crippen LogP contribution in [0, 0.1) is 10.1 Å². The molecule has 0 aliphatic heterocycles. The van der Waals surface area contributed by atoms with Gasteiger partial charge in [-0.2, -0.15) is 0 Å². The van der Waals surface area contributed by atoms with Gasteiger partial charge in [-0.25, -0.2) is 4.98 Å². The molecule has 2 heterocycles. The zero-order chi connectivity index (χ0) is 20.4. The highest BCUT2D eigenvalue weighted by atomic mass is 35.5. The van der Waals surface area contributed by atoms with E-state index in [1.165, 1.54) is 42.8 Å². The van der Waals surface area contributed by atoms with Gasteiger partial charge in [0.1, 0.15) is 23.3 Å². The molecule has 0 aliphatic rings. The number of benzene rings is 2. The summed E-state index contributed by atoms with van der Waals surface area (Å²) in [5.74, 6) is 0.507. The Bertz CT molecular complexity index is 1270. The third-order valence-electron chi connectivity index (χ3n) is 3.92. The van der Waals surface area contributed by atoms with Crippen molar-refractivity contribution in [3.8, 4) is 23.1 Å². The Labute approximate surface area is 168 Å². The lowest BCUT2D eigenvalue weighted by Crippen LogP contribution is -2.05. The summed E-state index contributed by atoms with van der Waals surface area (Å²) < 4.78 is 16.5. The number of fused-ring (bicyclic) bond motifs is 1. The van der Waals surface area contributed by atoms with Gasteiger partial charge >= 0.3 is 5.69 Å². The van der Waals surface area contributed by atoms with E-state index in [9.17, 15) is 14.9 Å². The molecular weight excluding hydrogens is 400 g/mol. The maximum absolute atomic E-state index is 12.7. The van der Waals surface area contributed by atoms with Gasteiger partial charge in [-0.1, -0.05) is 11.6 Å². The Balaban J connectivity index is 1.65. The van der Waals surface area contributed by atoms with Crippen LogP contribution in [0.3, 0.4) is 0 Å². The molecule has 0 aliphatic carbocycles. The molecule has 9 heteroatoms. The van der Waals surface area contributed by atoms with Crippen LogP contribution in [-0.4, -0.2) is 9.91 Å². The van der Waals surface area contributed by atoms with Crippen molar-refractivity contribution in [1.82, 2.24) is 4.98 Å². The average Bonchev–Trinajstić information content (AvgIpc) is 2.72. The fraction of sp³-hybridized carbons (Fsp3) is 0. The molecule has 0 saturated carbocycles. The highest BCUT2D eigenvalue weighted by Crippen LogP contribution is 2.30. The van der Waals surface area contributed by atoms with Gasteiger partial charge in [0.05, 0.1) is 10.3 Å². The second-order valence-corrected chi connectivity index (χ2v) is 6.27. The third-order valence-corrected chi connectivity index (χ3v) is 4.17. The molecule has 29 heavy (non-hydrogen) atoms. The lowest BCUT2D eigenvalue weighted by molar-refractivity contribution is -0.386. The largest absolute Gasteiger partial charge is 0.460 e. The molecule has 0 fully saturated rings. The Morgan fingerprint density at radius 3 is 2.55 bits per heavy atom. The van der Waals surface area contributed by atoms with Crippen LogP contribution in [0.2, 0.25) is 5.02 Å². The summed E-state index contributed by atoms with van der Waals surface area (Å²) in [5, 5.41) is 11.9. The number of rotatable bonds is 5. The lowest BCUT2D eigenvalue weighted by atomic mass is 10.2. The predicted molar refractivity (Wildman–Crippen MR) is 105 cm³/mol. The van der Waals surface area contributed by atoms with Crippen molar-refractivity contribution in [2.45, 2.75) is 0 Å². The van der Waals surface area contributed by atoms with Crippen molar-refractivity contribution in [3.63, 3.8) is 0 Å². The fourth-order valence-corrected chi connectivity index (χ4v) is 2.69. The van der Waals surface area contributed by atoms with Gasteiger partial charge in [0.25, 0.3) is 5.88 Å². The number of hydrogen-bond donors (Lipinski definition) is 0. The van der Waals surface area contributed by atoms with Crippen molar-refractivity contribution in [2.75, 3.05) is 0 Å². The van der Waals surface area contributed by atoms with E-state index in [0.717, 1.165) is 0 Å². The summed E-state index contributed by atoms with van der Waals surface area (Å²) in [4.78, 5) is 27.0. The monoisotopic (exact) mass is 410 g/mol. The summed E-state index contributed by atoms with van der Waals surface area (Å²) in [5.41, 5.74) is -0.424. The Kier molecular flexibility index (Phi) is 4.84. The molecule has 4 rings (SSSR count). The van der Waals surface area contributed by atoms with Crippen molar-refractivity contribution in [3.05, 3.63) is 92.4 Å². The van der Waals surface area contributed by atoms with Gasteiger partial charge in [0.15, 0.2) is 0 Å². The summed E-state index contributed by atoms with van der Waals surface area (Å²) >= 11 is 5.83. The van der Waals surface area contributed by atoms with Crippen molar-refractivity contribution >= 4 is 28.3 Å². The standard InChI is InChI=1S/C20H11ClN2O6/c21-12-3-5-13(6-4-12)28-18-11-27-17-10-14(7-8-15(17)19(18)24)29-20-16(23(25)26)2-1-9-22-20/h1-11H. The van der Waals surface area contributed by atoms with E-state index in [-0.39, 0.29) is 39.5 Å². The first-order chi connectivity index (χ1) is 14.0. The van der Waals surface area contributed by atoms with Crippen LogP contribution < -0.4 is 14.9 Å². The highest BCUT2D eigenvalue weighted by Gasteiger charge is 2.17. The smallest absolute Gasteiger partial charge is 0.331 e. The Morgan fingerprint density at radius 2 is 1.79 bits per heavy atom. The number of hydrogen-bond acceptors (Lipinski definition) is 7. The minimum absolute atomic E-state index is 0.00820. The van der Waals surface area contributed by atoms with Crippen molar-refractivity contribution in [1.29, 1.82) is 0 Å². The first kappa shape index (κ1) is 18.5. The third kappa shape index (κ3) is 3.87. The van der Waals surface area contributed by atoms with Crippen LogP contribution in [0.5, 0.6) is 23.1 Å².